The maximum absolute atomic E-state index is 5.59. The van der Waals surface area contributed by atoms with E-state index in [1.54, 1.807) is 14.2 Å². The second-order valence-corrected chi connectivity index (χ2v) is 4.84. The topological polar surface area (TPSA) is 39.7 Å². The molecule has 0 spiro atoms. The Bertz CT molecular complexity index is 404. The van der Waals surface area contributed by atoms with Crippen LogP contribution < -0.4 is 14.8 Å². The maximum atomic E-state index is 5.59. The van der Waals surface area contributed by atoms with Gasteiger partial charge in [0.2, 0.25) is 0 Å². The van der Waals surface area contributed by atoms with Gasteiger partial charge < -0.3 is 19.5 Å². The predicted octanol–water partition coefficient (Wildman–Crippen LogP) is 2.93. The van der Waals surface area contributed by atoms with Crippen LogP contribution in [0.5, 0.6) is 11.5 Å². The number of hydrogen-bond acceptors (Lipinski definition) is 4. The van der Waals surface area contributed by atoms with Crippen LogP contribution in [0.3, 0.4) is 0 Å². The summed E-state index contributed by atoms with van der Waals surface area (Å²) in [7, 11) is 3.40. The lowest BCUT2D eigenvalue weighted by Crippen LogP contribution is -2.27. The Morgan fingerprint density at radius 2 is 2.05 bits per heavy atom. The average Bonchev–Trinajstić information content (AvgIpc) is 3.23. The van der Waals surface area contributed by atoms with Gasteiger partial charge in [-0.3, -0.25) is 0 Å². The van der Waals surface area contributed by atoms with Crippen LogP contribution in [-0.4, -0.2) is 33.5 Å². The lowest BCUT2D eigenvalue weighted by Gasteiger charge is -2.19. The second kappa shape index (κ2) is 6.66. The molecule has 4 heteroatoms. The molecule has 4 nitrogen and oxygen atoms in total. The Hall–Kier alpha value is -1.42. The van der Waals surface area contributed by atoms with E-state index < -0.39 is 0 Å². The molecule has 1 unspecified atom stereocenters. The summed E-state index contributed by atoms with van der Waals surface area (Å²) < 4.78 is 16.2. The van der Waals surface area contributed by atoms with Crippen molar-refractivity contribution in [1.29, 1.82) is 0 Å². The second-order valence-electron chi connectivity index (χ2n) is 4.84. The van der Waals surface area contributed by atoms with Gasteiger partial charge in [-0.15, -0.1) is 0 Å². The molecule has 0 bridgehead atoms. The molecular formula is C15H23NO3. The molecule has 0 saturated heterocycles. The minimum atomic E-state index is 0.382. The van der Waals surface area contributed by atoms with Crippen molar-refractivity contribution in [1.82, 2.24) is 0 Å². The van der Waals surface area contributed by atoms with Gasteiger partial charge in [0.1, 0.15) is 0 Å². The molecule has 1 fully saturated rings. The molecule has 0 radical (unpaired) electrons. The number of anilines is 1. The van der Waals surface area contributed by atoms with Gasteiger partial charge in [-0.25, -0.2) is 0 Å². The van der Waals surface area contributed by atoms with Gasteiger partial charge in [0.25, 0.3) is 0 Å². The zero-order chi connectivity index (χ0) is 13.7. The van der Waals surface area contributed by atoms with Gasteiger partial charge in [0, 0.05) is 18.9 Å². The first-order chi connectivity index (χ1) is 9.28. The third-order valence-corrected chi connectivity index (χ3v) is 3.35. The van der Waals surface area contributed by atoms with E-state index in [9.17, 15) is 0 Å². The van der Waals surface area contributed by atoms with Crippen LogP contribution in [-0.2, 0) is 4.74 Å². The Labute approximate surface area is 115 Å². The van der Waals surface area contributed by atoms with Crippen molar-refractivity contribution in [2.75, 3.05) is 32.8 Å². The maximum Gasteiger partial charge on any atom is 0.163 e. The first-order valence-electron chi connectivity index (χ1n) is 6.84. The fraction of sp³-hybridized carbons (Fsp3) is 0.600. The lowest BCUT2D eigenvalue weighted by atomic mass is 10.2. The highest BCUT2D eigenvalue weighted by Gasteiger charge is 2.31. The van der Waals surface area contributed by atoms with Crippen molar-refractivity contribution in [2.45, 2.75) is 25.8 Å². The van der Waals surface area contributed by atoms with Crippen LogP contribution in [0.2, 0.25) is 0 Å². The Balaban J connectivity index is 2.08. The first-order valence-corrected chi connectivity index (χ1v) is 6.84. The number of benzene rings is 1. The molecule has 0 aliphatic heterocycles. The summed E-state index contributed by atoms with van der Waals surface area (Å²) in [6.07, 6.45) is 2.57. The van der Waals surface area contributed by atoms with Crippen molar-refractivity contribution in [3.05, 3.63) is 18.2 Å². The highest BCUT2D eigenvalue weighted by atomic mass is 16.5. The van der Waals surface area contributed by atoms with Gasteiger partial charge >= 0.3 is 0 Å². The van der Waals surface area contributed by atoms with E-state index in [-0.39, 0.29) is 0 Å². The van der Waals surface area contributed by atoms with Crippen LogP contribution in [0.25, 0.3) is 0 Å². The standard InChI is InChI=1S/C15H23NO3/c1-4-19-15-9-12(7-8-14(15)18-3)16-13(10-17-2)11-5-6-11/h7-9,11,13,16H,4-6,10H2,1-3H3. The zero-order valence-corrected chi connectivity index (χ0v) is 11.9. The predicted molar refractivity (Wildman–Crippen MR) is 76.2 cm³/mol. The normalized spacial score (nSPS) is 15.9. The van der Waals surface area contributed by atoms with E-state index in [4.69, 9.17) is 14.2 Å². The molecule has 106 valence electrons. The molecular weight excluding hydrogens is 242 g/mol. The Morgan fingerprint density at radius 1 is 1.26 bits per heavy atom. The van der Waals surface area contributed by atoms with Crippen LogP contribution in [0.15, 0.2) is 18.2 Å². The van der Waals surface area contributed by atoms with Gasteiger partial charge in [0.15, 0.2) is 11.5 Å². The highest BCUT2D eigenvalue weighted by molar-refractivity contribution is 5.55. The molecule has 1 aromatic carbocycles. The van der Waals surface area contributed by atoms with Gasteiger partial charge in [-0.05, 0) is 37.8 Å². The lowest BCUT2D eigenvalue weighted by molar-refractivity contribution is 0.179. The van der Waals surface area contributed by atoms with Crippen LogP contribution >= 0.6 is 0 Å². The number of nitrogens with one attached hydrogen (secondary N) is 1. The molecule has 1 aromatic rings. The summed E-state index contributed by atoms with van der Waals surface area (Å²) in [5.41, 5.74) is 1.05. The van der Waals surface area contributed by atoms with Crippen LogP contribution in [0.4, 0.5) is 5.69 Å². The molecule has 1 atom stereocenters. The molecule has 1 N–H and O–H groups in total. The first kappa shape index (κ1) is 14.0. The van der Waals surface area contributed by atoms with Crippen molar-refractivity contribution < 1.29 is 14.2 Å². The third-order valence-electron chi connectivity index (χ3n) is 3.35. The smallest absolute Gasteiger partial charge is 0.163 e. The minimum Gasteiger partial charge on any atom is -0.493 e. The molecule has 1 aliphatic rings. The SMILES string of the molecule is CCOc1cc(NC(COC)C2CC2)ccc1OC. The third kappa shape index (κ3) is 3.77. The number of hydrogen-bond donors (Lipinski definition) is 1. The van der Waals surface area contributed by atoms with E-state index >= 15 is 0 Å². The number of rotatable bonds is 8. The minimum absolute atomic E-state index is 0.382. The van der Waals surface area contributed by atoms with E-state index in [1.807, 2.05) is 25.1 Å². The monoisotopic (exact) mass is 265 g/mol. The quantitative estimate of drug-likeness (QED) is 0.784. The fourth-order valence-electron chi connectivity index (χ4n) is 2.22. The van der Waals surface area contributed by atoms with Crippen LogP contribution in [0, 0.1) is 5.92 Å². The van der Waals surface area contributed by atoms with E-state index in [2.05, 4.69) is 5.32 Å². The average molecular weight is 265 g/mol. The largest absolute Gasteiger partial charge is 0.493 e. The summed E-state index contributed by atoms with van der Waals surface area (Å²) in [5, 5.41) is 3.53. The number of ether oxygens (including phenoxy) is 3. The Kier molecular flexibility index (Phi) is 4.91. The molecule has 0 aromatic heterocycles. The summed E-state index contributed by atoms with van der Waals surface area (Å²) in [6.45, 7) is 3.34. The van der Waals surface area contributed by atoms with Crippen molar-refractivity contribution >= 4 is 5.69 Å². The van der Waals surface area contributed by atoms with E-state index in [0.717, 1.165) is 29.7 Å². The van der Waals surface area contributed by atoms with Crippen molar-refractivity contribution in [3.8, 4) is 11.5 Å². The van der Waals surface area contributed by atoms with Crippen molar-refractivity contribution in [2.24, 2.45) is 5.92 Å². The van der Waals surface area contributed by atoms with Gasteiger partial charge in [-0.2, -0.15) is 0 Å². The fourth-order valence-corrected chi connectivity index (χ4v) is 2.22. The molecule has 1 saturated carbocycles. The molecule has 0 amide bonds. The summed E-state index contributed by atoms with van der Waals surface area (Å²) in [4.78, 5) is 0. The van der Waals surface area contributed by atoms with Gasteiger partial charge in [-0.1, -0.05) is 0 Å². The Morgan fingerprint density at radius 3 is 2.63 bits per heavy atom. The summed E-state index contributed by atoms with van der Waals surface area (Å²) in [5.74, 6) is 2.28. The van der Waals surface area contributed by atoms with Crippen molar-refractivity contribution in [3.63, 3.8) is 0 Å². The molecule has 19 heavy (non-hydrogen) atoms. The summed E-state index contributed by atoms with van der Waals surface area (Å²) in [6, 6.07) is 6.33. The highest BCUT2D eigenvalue weighted by Crippen LogP contribution is 2.36. The van der Waals surface area contributed by atoms with E-state index in [0.29, 0.717) is 12.6 Å². The van der Waals surface area contributed by atoms with E-state index in [1.165, 1.54) is 12.8 Å². The molecule has 0 heterocycles. The molecule has 1 aliphatic carbocycles. The zero-order valence-electron chi connectivity index (χ0n) is 11.9. The van der Waals surface area contributed by atoms with Crippen LogP contribution in [0.1, 0.15) is 19.8 Å². The van der Waals surface area contributed by atoms with Gasteiger partial charge in [0.05, 0.1) is 26.4 Å². The number of methoxy groups -OCH3 is 2. The molecule has 2 rings (SSSR count). The summed E-state index contributed by atoms with van der Waals surface area (Å²) >= 11 is 0.